The first kappa shape index (κ1) is 18.3. The van der Waals surface area contributed by atoms with E-state index in [1.165, 1.54) is 27.2 Å². The molecule has 7 nitrogen and oxygen atoms in total. The Morgan fingerprint density at radius 2 is 2.00 bits per heavy atom. The lowest BCUT2D eigenvalue weighted by atomic mass is 10.2. The highest BCUT2D eigenvalue weighted by molar-refractivity contribution is 9.10. The first-order valence-electron chi connectivity index (χ1n) is 8.11. The van der Waals surface area contributed by atoms with Gasteiger partial charge in [-0.2, -0.15) is 0 Å². The monoisotopic (exact) mass is 465 g/mol. The van der Waals surface area contributed by atoms with Crippen molar-refractivity contribution in [3.63, 3.8) is 0 Å². The molecular weight excluding hydrogens is 450 g/mol. The van der Waals surface area contributed by atoms with Crippen molar-refractivity contribution in [1.82, 2.24) is 19.5 Å². The van der Waals surface area contributed by atoms with Crippen LogP contribution in [0.2, 0.25) is 0 Å². The van der Waals surface area contributed by atoms with E-state index in [0.29, 0.717) is 16.2 Å². The summed E-state index contributed by atoms with van der Waals surface area (Å²) in [6.45, 7) is 5.52. The van der Waals surface area contributed by atoms with Crippen LogP contribution in [0.25, 0.3) is 31.3 Å². The minimum atomic E-state index is -0.593. The third kappa shape index (κ3) is 3.32. The largest absolute Gasteiger partial charge is 0.443 e. The summed E-state index contributed by atoms with van der Waals surface area (Å²) in [5.74, 6) is 0. The molecule has 4 aromatic heterocycles. The van der Waals surface area contributed by atoms with Gasteiger partial charge in [-0.3, -0.25) is 9.55 Å². The van der Waals surface area contributed by atoms with Crippen LogP contribution in [-0.2, 0) is 4.74 Å². The Kier molecular flexibility index (Phi) is 4.44. The van der Waals surface area contributed by atoms with Crippen molar-refractivity contribution in [3.8, 4) is 10.7 Å². The number of carbonyl (C=O) groups is 1. The molecule has 0 aliphatic heterocycles. The molecule has 0 saturated carbocycles. The first-order valence-corrected chi connectivity index (χ1v) is 10.5. The maximum absolute atomic E-state index is 12.7. The summed E-state index contributed by atoms with van der Waals surface area (Å²) in [6.07, 6.45) is 2.97. The Balaban J connectivity index is 1.88. The number of ether oxygens (including phenoxy) is 1. The smallest absolute Gasteiger partial charge is 0.419 e. The van der Waals surface area contributed by atoms with Crippen LogP contribution in [-0.4, -0.2) is 38.3 Å². The average Bonchev–Trinajstić information content (AvgIpc) is 3.26. The molecule has 0 spiro atoms. The van der Waals surface area contributed by atoms with Crippen LogP contribution in [0.1, 0.15) is 20.8 Å². The maximum Gasteiger partial charge on any atom is 0.419 e. The zero-order valence-corrected chi connectivity index (χ0v) is 18.3. The number of aromatic nitrogens is 4. The van der Waals surface area contributed by atoms with Gasteiger partial charge in [0, 0.05) is 29.3 Å². The summed E-state index contributed by atoms with van der Waals surface area (Å²) in [5, 5.41) is 5.43. The van der Waals surface area contributed by atoms with Crippen molar-refractivity contribution in [2.45, 2.75) is 26.4 Å². The SMILES string of the molecule is CNc1nc2sc(-c3ncc(Br)c4ccn(C(=O)OC(C)(C)C)c34)nc2s1. The van der Waals surface area contributed by atoms with Gasteiger partial charge in [-0.15, -0.1) is 0 Å². The Hall–Kier alpha value is -2.04. The number of nitrogens with zero attached hydrogens (tertiary/aromatic N) is 4. The van der Waals surface area contributed by atoms with E-state index in [-0.39, 0.29) is 0 Å². The normalized spacial score (nSPS) is 12.0. The Labute approximate surface area is 171 Å². The molecule has 0 aliphatic carbocycles. The van der Waals surface area contributed by atoms with E-state index in [1.54, 1.807) is 12.4 Å². The lowest BCUT2D eigenvalue weighted by Gasteiger charge is -2.20. The summed E-state index contributed by atoms with van der Waals surface area (Å²) in [6, 6.07) is 1.86. The summed E-state index contributed by atoms with van der Waals surface area (Å²) in [5.41, 5.74) is 0.698. The Morgan fingerprint density at radius 1 is 1.26 bits per heavy atom. The van der Waals surface area contributed by atoms with Gasteiger partial charge in [-0.05, 0) is 42.8 Å². The van der Waals surface area contributed by atoms with E-state index >= 15 is 0 Å². The van der Waals surface area contributed by atoms with Gasteiger partial charge in [0.05, 0.1) is 5.52 Å². The Bertz CT molecular complexity index is 1140. The quantitative estimate of drug-likeness (QED) is 0.429. The van der Waals surface area contributed by atoms with E-state index < -0.39 is 11.7 Å². The topological polar surface area (TPSA) is 81.9 Å². The number of hydrogen-bond acceptors (Lipinski definition) is 8. The molecule has 0 aromatic carbocycles. The second kappa shape index (κ2) is 6.54. The number of halogens is 1. The predicted octanol–water partition coefficient (Wildman–Crippen LogP) is 5.36. The molecule has 0 radical (unpaired) electrons. The van der Waals surface area contributed by atoms with Crippen molar-refractivity contribution >= 4 is 70.4 Å². The van der Waals surface area contributed by atoms with Crippen LogP contribution in [0.15, 0.2) is 22.9 Å². The number of fused-ring (bicyclic) bond motifs is 2. The number of nitrogens with one attached hydrogen (secondary N) is 1. The third-order valence-corrected chi connectivity index (χ3v) is 6.34. The number of pyridine rings is 1. The summed E-state index contributed by atoms with van der Waals surface area (Å²) < 4.78 is 7.83. The van der Waals surface area contributed by atoms with Crippen LogP contribution in [0.4, 0.5) is 9.93 Å². The first-order chi connectivity index (χ1) is 12.8. The molecule has 0 saturated heterocycles. The second-order valence-electron chi connectivity index (χ2n) is 6.78. The fourth-order valence-electron chi connectivity index (χ4n) is 2.59. The van der Waals surface area contributed by atoms with E-state index in [1.807, 2.05) is 33.9 Å². The highest BCUT2D eigenvalue weighted by atomic mass is 79.9. The van der Waals surface area contributed by atoms with Gasteiger partial charge in [0.25, 0.3) is 0 Å². The van der Waals surface area contributed by atoms with Gasteiger partial charge < -0.3 is 10.1 Å². The van der Waals surface area contributed by atoms with Crippen LogP contribution in [0, 0.1) is 0 Å². The molecule has 140 valence electrons. The van der Waals surface area contributed by atoms with Crippen molar-refractivity contribution < 1.29 is 9.53 Å². The Morgan fingerprint density at radius 3 is 2.67 bits per heavy atom. The van der Waals surface area contributed by atoms with Gasteiger partial charge in [-0.25, -0.2) is 14.8 Å². The molecule has 4 aromatic rings. The number of thiazole rings is 2. The molecule has 1 N–H and O–H groups in total. The molecule has 0 atom stereocenters. The standard InChI is InChI=1S/C17H16BrN5O2S2/c1-17(2,3)25-16(24)23-6-5-8-9(18)7-20-10(11(8)23)12-21-13-14(26-12)22-15(19-4)27-13/h5-7H,1-4H3,(H,19,22). The summed E-state index contributed by atoms with van der Waals surface area (Å²) in [4.78, 5) is 28.1. The molecule has 0 fully saturated rings. The lowest BCUT2D eigenvalue weighted by molar-refractivity contribution is 0.0544. The van der Waals surface area contributed by atoms with Gasteiger partial charge in [0.1, 0.15) is 16.3 Å². The summed E-state index contributed by atoms with van der Waals surface area (Å²) >= 11 is 6.44. The zero-order valence-electron chi connectivity index (χ0n) is 15.0. The van der Waals surface area contributed by atoms with Crippen LogP contribution >= 0.6 is 38.6 Å². The van der Waals surface area contributed by atoms with E-state index in [2.05, 4.69) is 36.2 Å². The fraction of sp³-hybridized carbons (Fsp3) is 0.294. The molecule has 10 heteroatoms. The number of hydrogen-bond donors (Lipinski definition) is 1. The molecule has 0 amide bonds. The van der Waals surface area contributed by atoms with E-state index in [4.69, 9.17) is 4.74 Å². The van der Waals surface area contributed by atoms with Crippen molar-refractivity contribution in [3.05, 3.63) is 22.9 Å². The molecule has 0 aliphatic rings. The highest BCUT2D eigenvalue weighted by Gasteiger charge is 2.23. The minimum Gasteiger partial charge on any atom is -0.443 e. The molecule has 27 heavy (non-hydrogen) atoms. The average molecular weight is 466 g/mol. The fourth-order valence-corrected chi connectivity index (χ4v) is 4.90. The molecule has 4 heterocycles. The van der Waals surface area contributed by atoms with E-state index in [0.717, 1.165) is 24.7 Å². The van der Waals surface area contributed by atoms with Gasteiger partial charge in [0.15, 0.2) is 14.8 Å². The van der Waals surface area contributed by atoms with Crippen LogP contribution < -0.4 is 5.32 Å². The highest BCUT2D eigenvalue weighted by Crippen LogP contribution is 2.38. The zero-order chi connectivity index (χ0) is 19.3. The lowest BCUT2D eigenvalue weighted by Crippen LogP contribution is -2.26. The third-order valence-electron chi connectivity index (χ3n) is 3.66. The van der Waals surface area contributed by atoms with E-state index in [9.17, 15) is 4.79 Å². The molecule has 4 rings (SSSR count). The molecule has 0 bridgehead atoms. The number of rotatable bonds is 2. The van der Waals surface area contributed by atoms with Crippen molar-refractivity contribution in [2.24, 2.45) is 0 Å². The minimum absolute atomic E-state index is 0.451. The number of carbonyl (C=O) groups excluding carboxylic acids is 1. The van der Waals surface area contributed by atoms with Crippen LogP contribution in [0.3, 0.4) is 0 Å². The van der Waals surface area contributed by atoms with Crippen molar-refractivity contribution in [2.75, 3.05) is 12.4 Å². The maximum atomic E-state index is 12.7. The van der Waals surface area contributed by atoms with Crippen molar-refractivity contribution in [1.29, 1.82) is 0 Å². The van der Waals surface area contributed by atoms with Gasteiger partial charge >= 0.3 is 6.09 Å². The summed E-state index contributed by atoms with van der Waals surface area (Å²) in [7, 11) is 1.83. The molecule has 0 unspecified atom stereocenters. The predicted molar refractivity (Wildman–Crippen MR) is 113 cm³/mol. The van der Waals surface area contributed by atoms with Gasteiger partial charge in [-0.1, -0.05) is 22.7 Å². The second-order valence-corrected chi connectivity index (χ2v) is 9.59. The number of anilines is 1. The molecular formula is C17H16BrN5O2S2. The van der Waals surface area contributed by atoms with Gasteiger partial charge in [0.2, 0.25) is 0 Å². The van der Waals surface area contributed by atoms with Crippen LogP contribution in [0.5, 0.6) is 0 Å².